The lowest BCUT2D eigenvalue weighted by molar-refractivity contribution is 0.0873. The van der Waals surface area contributed by atoms with Gasteiger partial charge in [0.25, 0.3) is 15.9 Å². The second kappa shape index (κ2) is 3.32. The summed E-state index contributed by atoms with van der Waals surface area (Å²) < 4.78 is 24.5. The monoisotopic (exact) mass is 226 g/mol. The Morgan fingerprint density at radius 3 is 2.53 bits per heavy atom. The van der Waals surface area contributed by atoms with Crippen LogP contribution >= 0.6 is 0 Å². The zero-order chi connectivity index (χ0) is 11.1. The number of hydrogen-bond acceptors (Lipinski definition) is 4. The minimum absolute atomic E-state index is 0.0237. The van der Waals surface area contributed by atoms with Gasteiger partial charge in [-0.25, -0.2) is 12.7 Å². The molecule has 0 spiro atoms. The molecule has 0 aliphatic carbocycles. The fraction of sp³-hybridized carbons (Fsp3) is 0.222. The molecule has 0 saturated heterocycles. The van der Waals surface area contributed by atoms with E-state index in [-0.39, 0.29) is 23.5 Å². The molecule has 6 heteroatoms. The highest BCUT2D eigenvalue weighted by molar-refractivity contribution is 7.90. The SMILES string of the molecule is NCCN1C(=O)c2ccccc2S1(=O)=O. The van der Waals surface area contributed by atoms with Crippen molar-refractivity contribution < 1.29 is 13.2 Å². The summed E-state index contributed by atoms with van der Waals surface area (Å²) in [5.74, 6) is -0.490. The van der Waals surface area contributed by atoms with Crippen LogP contribution in [0, 0.1) is 0 Å². The van der Waals surface area contributed by atoms with Gasteiger partial charge >= 0.3 is 0 Å². The van der Waals surface area contributed by atoms with Gasteiger partial charge in [0.05, 0.1) is 5.56 Å². The van der Waals surface area contributed by atoms with Crippen molar-refractivity contribution in [3.8, 4) is 0 Å². The predicted octanol–water partition coefficient (Wildman–Crippen LogP) is -0.210. The van der Waals surface area contributed by atoms with E-state index in [9.17, 15) is 13.2 Å². The first kappa shape index (κ1) is 10.1. The molecular weight excluding hydrogens is 216 g/mol. The van der Waals surface area contributed by atoms with Crippen LogP contribution in [-0.4, -0.2) is 31.7 Å². The van der Waals surface area contributed by atoms with Crippen molar-refractivity contribution in [1.29, 1.82) is 0 Å². The number of carbonyl (C=O) groups excluding carboxylic acids is 1. The van der Waals surface area contributed by atoms with Crippen LogP contribution < -0.4 is 5.73 Å². The lowest BCUT2D eigenvalue weighted by Gasteiger charge is -2.12. The van der Waals surface area contributed by atoms with E-state index < -0.39 is 15.9 Å². The number of carbonyl (C=O) groups is 1. The van der Waals surface area contributed by atoms with Crippen molar-refractivity contribution in [2.24, 2.45) is 5.73 Å². The van der Waals surface area contributed by atoms with Crippen LogP contribution in [0.1, 0.15) is 10.4 Å². The van der Waals surface area contributed by atoms with Gasteiger partial charge in [0.2, 0.25) is 0 Å². The number of nitrogens with two attached hydrogens (primary N) is 1. The van der Waals surface area contributed by atoms with Crippen LogP contribution in [0.15, 0.2) is 29.2 Å². The van der Waals surface area contributed by atoms with Gasteiger partial charge in [0, 0.05) is 13.1 Å². The molecule has 80 valence electrons. The largest absolute Gasteiger partial charge is 0.329 e. The standard InChI is InChI=1S/C9H10N2O3S/c10-5-6-11-9(12)7-3-1-2-4-8(7)15(11,13)14/h1-4H,5-6,10H2. The summed E-state index contributed by atoms with van der Waals surface area (Å²) in [5.41, 5.74) is 5.50. The molecule has 1 aromatic rings. The number of rotatable bonds is 2. The third-order valence-corrected chi connectivity index (χ3v) is 4.08. The summed E-state index contributed by atoms with van der Waals surface area (Å²) in [6.07, 6.45) is 0. The Morgan fingerprint density at radius 2 is 1.93 bits per heavy atom. The van der Waals surface area contributed by atoms with Gasteiger partial charge in [-0.1, -0.05) is 12.1 Å². The Morgan fingerprint density at radius 1 is 1.27 bits per heavy atom. The van der Waals surface area contributed by atoms with Gasteiger partial charge in [0.1, 0.15) is 4.90 Å². The first-order chi connectivity index (χ1) is 7.09. The van der Waals surface area contributed by atoms with Gasteiger partial charge in [-0.3, -0.25) is 4.79 Å². The number of benzene rings is 1. The summed E-state index contributed by atoms with van der Waals surface area (Å²) in [5, 5.41) is 0. The van der Waals surface area contributed by atoms with Gasteiger partial charge in [-0.05, 0) is 12.1 Å². The summed E-state index contributed by atoms with van der Waals surface area (Å²) in [7, 11) is -3.65. The van der Waals surface area contributed by atoms with Gasteiger partial charge in [0.15, 0.2) is 0 Å². The smallest absolute Gasteiger partial charge is 0.269 e. The molecule has 0 fully saturated rings. The van der Waals surface area contributed by atoms with Crippen LogP contribution in [0.5, 0.6) is 0 Å². The first-order valence-electron chi connectivity index (χ1n) is 4.45. The highest BCUT2D eigenvalue weighted by Crippen LogP contribution is 2.29. The molecule has 1 heterocycles. The van der Waals surface area contributed by atoms with Crippen molar-refractivity contribution in [3.63, 3.8) is 0 Å². The molecule has 0 bridgehead atoms. The summed E-state index contributed by atoms with van der Waals surface area (Å²) in [6.45, 7) is 0.148. The van der Waals surface area contributed by atoms with E-state index in [0.29, 0.717) is 0 Å². The Hall–Kier alpha value is -1.40. The number of fused-ring (bicyclic) bond motifs is 1. The van der Waals surface area contributed by atoms with E-state index in [1.807, 2.05) is 0 Å². The highest BCUT2D eigenvalue weighted by atomic mass is 32.2. The molecule has 2 N–H and O–H groups in total. The Bertz CT molecular complexity index is 510. The second-order valence-corrected chi connectivity index (χ2v) is 5.00. The molecule has 0 saturated carbocycles. The molecule has 1 aliphatic heterocycles. The number of sulfonamides is 1. The average Bonchev–Trinajstić information content (AvgIpc) is 2.41. The zero-order valence-corrected chi connectivity index (χ0v) is 8.70. The van der Waals surface area contributed by atoms with E-state index in [4.69, 9.17) is 5.73 Å². The Labute approximate surface area is 87.5 Å². The summed E-state index contributed by atoms with van der Waals surface area (Å²) in [6, 6.07) is 6.17. The maximum atomic E-state index is 11.8. The minimum atomic E-state index is -3.65. The third-order valence-electron chi connectivity index (χ3n) is 2.24. The van der Waals surface area contributed by atoms with Crippen LogP contribution in [0.2, 0.25) is 0 Å². The highest BCUT2D eigenvalue weighted by Gasteiger charge is 2.39. The lowest BCUT2D eigenvalue weighted by Crippen LogP contribution is -2.34. The molecule has 5 nitrogen and oxygen atoms in total. The van der Waals surface area contributed by atoms with E-state index in [1.54, 1.807) is 12.1 Å². The fourth-order valence-electron chi connectivity index (χ4n) is 1.57. The van der Waals surface area contributed by atoms with Crippen molar-refractivity contribution in [3.05, 3.63) is 29.8 Å². The van der Waals surface area contributed by atoms with Crippen molar-refractivity contribution >= 4 is 15.9 Å². The van der Waals surface area contributed by atoms with E-state index >= 15 is 0 Å². The van der Waals surface area contributed by atoms with E-state index in [0.717, 1.165) is 4.31 Å². The summed E-state index contributed by atoms with van der Waals surface area (Å²) in [4.78, 5) is 11.8. The van der Waals surface area contributed by atoms with Gasteiger partial charge in [-0.15, -0.1) is 0 Å². The second-order valence-electron chi connectivity index (χ2n) is 3.17. The van der Waals surface area contributed by atoms with Crippen LogP contribution in [-0.2, 0) is 10.0 Å². The normalized spacial score (nSPS) is 17.9. The van der Waals surface area contributed by atoms with E-state index in [1.165, 1.54) is 12.1 Å². The lowest BCUT2D eigenvalue weighted by atomic mass is 10.2. The molecule has 2 rings (SSSR count). The van der Waals surface area contributed by atoms with Crippen molar-refractivity contribution in [2.75, 3.05) is 13.1 Å². The maximum absolute atomic E-state index is 11.8. The molecular formula is C9H10N2O3S. The molecule has 1 amide bonds. The quantitative estimate of drug-likeness (QED) is 0.756. The minimum Gasteiger partial charge on any atom is -0.329 e. The topological polar surface area (TPSA) is 80.5 Å². The Kier molecular flexibility index (Phi) is 2.24. The number of hydrogen-bond donors (Lipinski definition) is 1. The van der Waals surface area contributed by atoms with Crippen LogP contribution in [0.3, 0.4) is 0 Å². The van der Waals surface area contributed by atoms with Crippen LogP contribution in [0.25, 0.3) is 0 Å². The van der Waals surface area contributed by atoms with Gasteiger partial charge in [-0.2, -0.15) is 0 Å². The molecule has 0 aromatic heterocycles. The fourth-order valence-corrected chi connectivity index (χ4v) is 3.15. The third kappa shape index (κ3) is 1.33. The maximum Gasteiger partial charge on any atom is 0.269 e. The van der Waals surface area contributed by atoms with E-state index in [2.05, 4.69) is 0 Å². The molecule has 0 radical (unpaired) electrons. The van der Waals surface area contributed by atoms with Gasteiger partial charge < -0.3 is 5.73 Å². The molecule has 15 heavy (non-hydrogen) atoms. The predicted molar refractivity (Wildman–Crippen MR) is 53.7 cm³/mol. The zero-order valence-electron chi connectivity index (χ0n) is 7.88. The first-order valence-corrected chi connectivity index (χ1v) is 5.89. The number of amides is 1. The molecule has 1 aliphatic rings. The van der Waals surface area contributed by atoms with Crippen molar-refractivity contribution in [2.45, 2.75) is 4.90 Å². The summed E-state index contributed by atoms with van der Waals surface area (Å²) >= 11 is 0. The van der Waals surface area contributed by atoms with Crippen LogP contribution in [0.4, 0.5) is 0 Å². The molecule has 1 aromatic carbocycles. The Balaban J connectivity index is 2.60. The van der Waals surface area contributed by atoms with Crippen molar-refractivity contribution in [1.82, 2.24) is 4.31 Å². The average molecular weight is 226 g/mol. The molecule has 0 atom stereocenters. The number of nitrogens with zero attached hydrogens (tertiary/aromatic N) is 1. The molecule has 0 unspecified atom stereocenters.